The van der Waals surface area contributed by atoms with E-state index in [4.69, 9.17) is 5.73 Å². The summed E-state index contributed by atoms with van der Waals surface area (Å²) in [6.45, 7) is 18.1. The minimum Gasteiger partial charge on any atom is -0.384 e. The maximum Gasteiger partial charge on any atom is 0.245 e. The molecule has 1 aliphatic carbocycles. The van der Waals surface area contributed by atoms with Crippen LogP contribution < -0.4 is 11.5 Å². The third kappa shape index (κ3) is 50.4. The van der Waals surface area contributed by atoms with Crippen molar-refractivity contribution >= 4 is 12.6 Å². The summed E-state index contributed by atoms with van der Waals surface area (Å²) in [6.07, 6.45) is 17.9. The second kappa shape index (κ2) is 32.5. The van der Waals surface area contributed by atoms with Crippen LogP contribution >= 0.6 is 0 Å². The topological polar surface area (TPSA) is 81.5 Å². The normalized spacial score (nSPS) is 10.6. The van der Waals surface area contributed by atoms with E-state index in [2.05, 4.69) is 68.8 Å². The van der Waals surface area contributed by atoms with Crippen LogP contribution in [0.4, 0.5) is 0 Å². The van der Waals surface area contributed by atoms with Crippen molar-refractivity contribution in [2.45, 2.75) is 53.4 Å². The van der Waals surface area contributed by atoms with Gasteiger partial charge in [-0.15, -0.1) is 13.2 Å². The molecule has 0 bridgehead atoms. The van der Waals surface area contributed by atoms with Crippen LogP contribution in [0.3, 0.4) is 0 Å². The average Bonchev–Trinajstić information content (AvgIpc) is 2.65. The van der Waals surface area contributed by atoms with Crippen LogP contribution in [-0.2, 0) is 4.79 Å². The highest BCUT2D eigenvalue weighted by Crippen LogP contribution is 1.98. The largest absolute Gasteiger partial charge is 0.384 e. The van der Waals surface area contributed by atoms with Crippen LogP contribution in [0.5, 0.6) is 0 Å². The molecule has 0 radical (unpaired) electrons. The summed E-state index contributed by atoms with van der Waals surface area (Å²) < 4.78 is 0. The zero-order valence-corrected chi connectivity index (χ0v) is 16.0. The molecular weight excluding hydrogens is 298 g/mol. The minimum atomic E-state index is -0.616. The van der Waals surface area contributed by atoms with Gasteiger partial charge >= 0.3 is 0 Å². The molecule has 0 saturated heterocycles. The van der Waals surface area contributed by atoms with Gasteiger partial charge in [0, 0.05) is 7.50 Å². The molecule has 0 atom stereocenters. The second-order valence-electron chi connectivity index (χ2n) is 3.96. The molecule has 0 fully saturated rings. The van der Waals surface area contributed by atoms with E-state index in [1.54, 1.807) is 0 Å². The molecule has 0 aliphatic heterocycles. The van der Waals surface area contributed by atoms with Gasteiger partial charge in [-0.3, -0.25) is 4.79 Å². The van der Waals surface area contributed by atoms with E-state index in [9.17, 15) is 4.79 Å². The number of primary amides is 1. The summed E-state index contributed by atoms with van der Waals surface area (Å²) in [5, 5.41) is 0. The molecule has 140 valence electrons. The molecule has 24 heavy (non-hydrogen) atoms. The number of hydrogen-bond donors (Lipinski definition) is 2. The summed E-state index contributed by atoms with van der Waals surface area (Å²) >= 11 is 0. The molecule has 0 spiro atoms. The average molecular weight is 338 g/mol. The molecule has 0 aromatic rings. The fourth-order valence-electron chi connectivity index (χ4n) is 0.733. The summed E-state index contributed by atoms with van der Waals surface area (Å²) in [4.78, 5) is 13.2. The summed E-state index contributed by atoms with van der Waals surface area (Å²) in [5.41, 5.74) is 9.69. The van der Waals surface area contributed by atoms with Crippen molar-refractivity contribution in [1.82, 2.24) is 0 Å². The van der Waals surface area contributed by atoms with Crippen LogP contribution in [-0.4, -0.2) is 12.6 Å². The van der Waals surface area contributed by atoms with Crippen LogP contribution in [0, 0.1) is 0 Å². The Morgan fingerprint density at radius 3 is 1.50 bits per heavy atom. The minimum absolute atomic E-state index is 0. The van der Waals surface area contributed by atoms with Crippen LogP contribution in [0.1, 0.15) is 54.8 Å². The van der Waals surface area contributed by atoms with Crippen molar-refractivity contribution < 1.29 is 6.22 Å². The van der Waals surface area contributed by atoms with E-state index in [0.717, 1.165) is 18.9 Å². The standard InChI is InChI=1S/C6H8.C4H7N3O.2C4H8.C2H6.H2/c1-2-4-6-5-3-1;1-7-3(5)2-4(6)8;2*1-3-4-2;1-2;/h1-4H,5-6H2;2H,1,5H2,(H2,6,8);2*3H,1,4H2,2H3;1-2H3;1H/b;3-2-;;;;. The Morgan fingerprint density at radius 1 is 1.08 bits per heavy atom. The first-order valence-electron chi connectivity index (χ1n) is 8.26. The number of carbonyl (C=O) groups excluding carboxylic acids is 1. The molecule has 4 nitrogen and oxygen atoms in total. The molecule has 1 amide bonds. The van der Waals surface area contributed by atoms with Crippen LogP contribution in [0.25, 0.3) is 0 Å². The first-order chi connectivity index (χ1) is 11.5. The van der Waals surface area contributed by atoms with Gasteiger partial charge in [-0.2, -0.15) is 0 Å². The predicted molar refractivity (Wildman–Crippen MR) is 113 cm³/mol. The fourth-order valence-corrected chi connectivity index (χ4v) is 0.733. The zero-order chi connectivity index (χ0) is 19.6. The summed E-state index contributed by atoms with van der Waals surface area (Å²) in [5.74, 6) is -0.576. The van der Waals surface area contributed by atoms with Crippen molar-refractivity contribution in [2.75, 3.05) is 0 Å². The van der Waals surface area contributed by atoms with Crippen molar-refractivity contribution in [3.63, 3.8) is 0 Å². The Morgan fingerprint density at radius 2 is 1.42 bits per heavy atom. The number of amides is 1. The predicted octanol–water partition coefficient (Wildman–Crippen LogP) is 5.30. The lowest BCUT2D eigenvalue weighted by Gasteiger charge is -1.88. The molecule has 1 aliphatic rings. The lowest BCUT2D eigenvalue weighted by Crippen LogP contribution is -2.09. The fraction of sp³-hybridized carbons (Fsp3) is 0.400. The number of hydrogen-bond acceptors (Lipinski definition) is 3. The van der Waals surface area contributed by atoms with Crippen molar-refractivity contribution in [3.05, 3.63) is 61.5 Å². The number of aliphatic imine (C=N–C) groups is 1. The van der Waals surface area contributed by atoms with Crippen LogP contribution in [0.15, 0.2) is 66.5 Å². The maximum absolute atomic E-state index is 9.95. The second-order valence-corrected chi connectivity index (χ2v) is 3.96. The molecule has 4 heteroatoms. The molecule has 0 aromatic heterocycles. The maximum atomic E-state index is 9.95. The summed E-state index contributed by atoms with van der Waals surface area (Å²) in [7, 11) is 0. The molecule has 0 unspecified atom stereocenters. The lowest BCUT2D eigenvalue weighted by atomic mass is 10.2. The van der Waals surface area contributed by atoms with E-state index >= 15 is 0 Å². The van der Waals surface area contributed by atoms with Gasteiger partial charge in [0.1, 0.15) is 5.82 Å². The molecule has 0 saturated carbocycles. The third-order valence-corrected chi connectivity index (χ3v) is 1.93. The number of allylic oxidation sites excluding steroid dienone is 6. The van der Waals surface area contributed by atoms with Crippen molar-refractivity contribution in [3.8, 4) is 0 Å². The summed E-state index contributed by atoms with van der Waals surface area (Å²) in [6, 6.07) is 0. The molecule has 4 N–H and O–H groups in total. The van der Waals surface area contributed by atoms with Crippen LogP contribution in [0.2, 0.25) is 0 Å². The molecular formula is C20H39N3O. The highest BCUT2D eigenvalue weighted by Gasteiger charge is 1.85. The highest BCUT2D eigenvalue weighted by atomic mass is 16.1. The van der Waals surface area contributed by atoms with Gasteiger partial charge in [-0.05, 0) is 32.4 Å². The Balaban J connectivity index is -0.0000000704. The van der Waals surface area contributed by atoms with Gasteiger partial charge in [0.15, 0.2) is 0 Å². The van der Waals surface area contributed by atoms with E-state index in [1.165, 1.54) is 12.8 Å². The smallest absolute Gasteiger partial charge is 0.245 e. The first-order valence-corrected chi connectivity index (χ1v) is 8.26. The third-order valence-electron chi connectivity index (χ3n) is 1.93. The highest BCUT2D eigenvalue weighted by molar-refractivity contribution is 5.86. The SMILES string of the molecule is C1=CCCC=C1.C=CCC.C=CCC.C=N/C(N)=C\C(N)=O.CC.[HH]. The number of nitrogens with two attached hydrogens (primary N) is 2. The Bertz CT molecular complexity index is 366. The monoisotopic (exact) mass is 337 g/mol. The van der Waals surface area contributed by atoms with E-state index in [-0.39, 0.29) is 7.25 Å². The van der Waals surface area contributed by atoms with Crippen molar-refractivity contribution in [2.24, 2.45) is 16.5 Å². The van der Waals surface area contributed by atoms with E-state index in [0.29, 0.717) is 0 Å². The first kappa shape index (κ1) is 29.6. The molecule has 1 rings (SSSR count). The van der Waals surface area contributed by atoms with Gasteiger partial charge < -0.3 is 11.5 Å². The molecule has 0 heterocycles. The Kier molecular flexibility index (Phi) is 40.2. The quantitative estimate of drug-likeness (QED) is 0.414. The molecule has 0 aromatic carbocycles. The van der Waals surface area contributed by atoms with Gasteiger partial charge in [0.05, 0.1) is 0 Å². The zero-order valence-electron chi connectivity index (χ0n) is 16.0. The lowest BCUT2D eigenvalue weighted by molar-refractivity contribution is -0.113. The van der Waals surface area contributed by atoms with Gasteiger partial charge in [0.2, 0.25) is 5.91 Å². The van der Waals surface area contributed by atoms with Crippen molar-refractivity contribution in [1.29, 1.82) is 0 Å². The van der Waals surface area contributed by atoms with Gasteiger partial charge in [0.25, 0.3) is 0 Å². The van der Waals surface area contributed by atoms with Gasteiger partial charge in [-0.1, -0.05) is 64.2 Å². The Labute approximate surface area is 150 Å². The Hall–Kier alpha value is -2.36. The number of rotatable bonds is 4. The number of carbonyl (C=O) groups is 1. The van der Waals surface area contributed by atoms with Gasteiger partial charge in [-0.25, -0.2) is 4.99 Å². The van der Waals surface area contributed by atoms with E-state index in [1.807, 2.05) is 26.0 Å². The number of nitrogens with zero attached hydrogens (tertiary/aromatic N) is 1. The van der Waals surface area contributed by atoms with E-state index < -0.39 is 5.91 Å².